The molecule has 0 fully saturated rings. The van der Waals surface area contributed by atoms with Crippen molar-refractivity contribution in [2.45, 2.75) is 33.3 Å². The highest BCUT2D eigenvalue weighted by Crippen LogP contribution is 2.28. The van der Waals surface area contributed by atoms with Crippen LogP contribution in [0.5, 0.6) is 0 Å². The van der Waals surface area contributed by atoms with E-state index in [2.05, 4.69) is 0 Å². The predicted octanol–water partition coefficient (Wildman–Crippen LogP) is 2.20. The highest BCUT2D eigenvalue weighted by Gasteiger charge is 2.42. The first-order valence-electron chi connectivity index (χ1n) is 6.38. The first-order chi connectivity index (χ1) is 8.97. The number of aryl methyl sites for hydroxylation is 1. The molecule has 0 amide bonds. The summed E-state index contributed by atoms with van der Waals surface area (Å²) >= 11 is 0. The average Bonchev–Trinajstić information content (AvgIpc) is 2.63. The molecule has 19 heavy (non-hydrogen) atoms. The van der Waals surface area contributed by atoms with Crippen molar-refractivity contribution in [1.82, 2.24) is 0 Å². The summed E-state index contributed by atoms with van der Waals surface area (Å²) in [5.74, 6) is -1.71. The predicted molar refractivity (Wildman–Crippen MR) is 69.2 cm³/mol. The minimum atomic E-state index is -1.29. The summed E-state index contributed by atoms with van der Waals surface area (Å²) in [6.07, 6.45) is -0.634. The maximum atomic E-state index is 12.2. The third kappa shape index (κ3) is 2.18. The Morgan fingerprint density at radius 3 is 2.53 bits per heavy atom. The Morgan fingerprint density at radius 2 is 1.95 bits per heavy atom. The van der Waals surface area contributed by atoms with Gasteiger partial charge in [0.2, 0.25) is 17.7 Å². The quantitative estimate of drug-likeness (QED) is 0.617. The third-order valence-electron chi connectivity index (χ3n) is 3.23. The maximum Gasteiger partial charge on any atom is 0.309 e. The lowest BCUT2D eigenvalue weighted by atomic mass is 10.0. The Bertz CT molecular complexity index is 557. The molecular formula is C15H16O4. The van der Waals surface area contributed by atoms with E-state index in [1.807, 2.05) is 13.0 Å². The van der Waals surface area contributed by atoms with Crippen LogP contribution in [0.25, 0.3) is 0 Å². The summed E-state index contributed by atoms with van der Waals surface area (Å²) in [5.41, 5.74) is 1.60. The molecule has 1 aliphatic rings. The highest BCUT2D eigenvalue weighted by atomic mass is 16.6. The van der Waals surface area contributed by atoms with Crippen LogP contribution in [0.15, 0.2) is 18.2 Å². The molecule has 1 aromatic carbocycles. The molecule has 0 aliphatic heterocycles. The summed E-state index contributed by atoms with van der Waals surface area (Å²) in [7, 11) is 0. The van der Waals surface area contributed by atoms with Crippen LogP contribution in [0.3, 0.4) is 0 Å². The molecule has 0 aromatic heterocycles. The second-order valence-electron chi connectivity index (χ2n) is 4.89. The van der Waals surface area contributed by atoms with Gasteiger partial charge in [-0.05, 0) is 12.0 Å². The number of rotatable bonds is 3. The van der Waals surface area contributed by atoms with E-state index in [1.165, 1.54) is 0 Å². The van der Waals surface area contributed by atoms with Crippen LogP contribution in [0, 0.1) is 5.92 Å². The molecule has 0 spiro atoms. The van der Waals surface area contributed by atoms with Gasteiger partial charge in [0.25, 0.3) is 0 Å². The van der Waals surface area contributed by atoms with Crippen molar-refractivity contribution in [3.63, 3.8) is 0 Å². The Hall–Kier alpha value is -1.97. The molecule has 0 bridgehead atoms. The van der Waals surface area contributed by atoms with Crippen molar-refractivity contribution in [2.75, 3.05) is 0 Å². The van der Waals surface area contributed by atoms with Gasteiger partial charge in [0, 0.05) is 11.1 Å². The molecule has 1 atom stereocenters. The number of benzene rings is 1. The van der Waals surface area contributed by atoms with Crippen molar-refractivity contribution in [3.8, 4) is 0 Å². The molecule has 1 unspecified atom stereocenters. The summed E-state index contributed by atoms with van der Waals surface area (Å²) in [6, 6.07) is 5.17. The summed E-state index contributed by atoms with van der Waals surface area (Å²) in [5, 5.41) is 0. The largest absolute Gasteiger partial charge is 0.445 e. The van der Waals surface area contributed by atoms with Gasteiger partial charge in [-0.25, -0.2) is 0 Å². The molecule has 4 nitrogen and oxygen atoms in total. The Kier molecular flexibility index (Phi) is 3.51. The van der Waals surface area contributed by atoms with Gasteiger partial charge in [-0.1, -0.05) is 39.0 Å². The summed E-state index contributed by atoms with van der Waals surface area (Å²) < 4.78 is 5.04. The van der Waals surface area contributed by atoms with E-state index in [4.69, 9.17) is 4.74 Å². The Labute approximate surface area is 111 Å². The standard InChI is InChI=1S/C15H16O4/c1-4-9-6-5-7-10-11(9)13(17)14(12(10)16)19-15(18)8(2)3/h5-8,14H,4H2,1-3H3. The highest BCUT2D eigenvalue weighted by molar-refractivity contribution is 6.29. The maximum absolute atomic E-state index is 12.2. The zero-order chi connectivity index (χ0) is 14.2. The number of ether oxygens (including phenoxy) is 1. The Morgan fingerprint density at radius 1 is 1.26 bits per heavy atom. The molecule has 0 heterocycles. The minimum Gasteiger partial charge on any atom is -0.445 e. The molecule has 0 N–H and O–H groups in total. The van der Waals surface area contributed by atoms with Crippen LogP contribution in [0.1, 0.15) is 47.1 Å². The number of esters is 1. The molecule has 100 valence electrons. The smallest absolute Gasteiger partial charge is 0.309 e. The molecule has 1 aromatic rings. The molecular weight excluding hydrogens is 244 g/mol. The van der Waals surface area contributed by atoms with Crippen LogP contribution in [-0.4, -0.2) is 23.6 Å². The van der Waals surface area contributed by atoms with E-state index >= 15 is 0 Å². The normalized spacial score (nSPS) is 17.8. The molecule has 0 radical (unpaired) electrons. The lowest BCUT2D eigenvalue weighted by Gasteiger charge is -2.11. The van der Waals surface area contributed by atoms with Gasteiger partial charge in [-0.2, -0.15) is 0 Å². The average molecular weight is 260 g/mol. The number of carbonyl (C=O) groups is 3. The second kappa shape index (κ2) is 4.96. The summed E-state index contributed by atoms with van der Waals surface area (Å²) in [6.45, 7) is 5.24. The fraction of sp³-hybridized carbons (Fsp3) is 0.400. The van der Waals surface area contributed by atoms with Crippen LogP contribution >= 0.6 is 0 Å². The van der Waals surface area contributed by atoms with Gasteiger partial charge in [-0.15, -0.1) is 0 Å². The van der Waals surface area contributed by atoms with E-state index in [0.717, 1.165) is 5.56 Å². The van der Waals surface area contributed by atoms with Crippen molar-refractivity contribution >= 4 is 17.5 Å². The second-order valence-corrected chi connectivity index (χ2v) is 4.89. The molecule has 0 saturated heterocycles. The van der Waals surface area contributed by atoms with Crippen molar-refractivity contribution < 1.29 is 19.1 Å². The van der Waals surface area contributed by atoms with E-state index < -0.39 is 23.6 Å². The van der Waals surface area contributed by atoms with Crippen molar-refractivity contribution in [2.24, 2.45) is 5.92 Å². The van der Waals surface area contributed by atoms with Gasteiger partial charge in [-0.3, -0.25) is 14.4 Å². The zero-order valence-corrected chi connectivity index (χ0v) is 11.2. The van der Waals surface area contributed by atoms with Gasteiger partial charge in [0.15, 0.2) is 0 Å². The first kappa shape index (κ1) is 13.5. The lowest BCUT2D eigenvalue weighted by Crippen LogP contribution is -2.30. The minimum absolute atomic E-state index is 0.366. The van der Waals surface area contributed by atoms with Crippen LogP contribution in [0.4, 0.5) is 0 Å². The van der Waals surface area contributed by atoms with Gasteiger partial charge in [0.05, 0.1) is 5.92 Å². The van der Waals surface area contributed by atoms with Crippen molar-refractivity contribution in [1.29, 1.82) is 0 Å². The number of hydrogen-bond acceptors (Lipinski definition) is 4. The molecule has 0 saturated carbocycles. The fourth-order valence-electron chi connectivity index (χ4n) is 2.14. The molecule has 4 heteroatoms. The first-order valence-corrected chi connectivity index (χ1v) is 6.38. The van der Waals surface area contributed by atoms with E-state index in [1.54, 1.807) is 26.0 Å². The van der Waals surface area contributed by atoms with Gasteiger partial charge >= 0.3 is 5.97 Å². The number of Topliss-reactive ketones (excluding diaryl/α,β-unsaturated/α-hetero) is 2. The lowest BCUT2D eigenvalue weighted by molar-refractivity contribution is -0.148. The number of fused-ring (bicyclic) bond motifs is 1. The van der Waals surface area contributed by atoms with Gasteiger partial charge in [0.1, 0.15) is 0 Å². The molecule has 1 aliphatic carbocycles. The van der Waals surface area contributed by atoms with E-state index in [-0.39, 0.29) is 5.92 Å². The van der Waals surface area contributed by atoms with Crippen LogP contribution < -0.4 is 0 Å². The van der Waals surface area contributed by atoms with E-state index in [9.17, 15) is 14.4 Å². The number of ketones is 2. The summed E-state index contributed by atoms with van der Waals surface area (Å²) in [4.78, 5) is 36.0. The zero-order valence-electron chi connectivity index (χ0n) is 11.2. The Balaban J connectivity index is 2.37. The van der Waals surface area contributed by atoms with E-state index in [0.29, 0.717) is 17.5 Å². The third-order valence-corrected chi connectivity index (χ3v) is 3.23. The van der Waals surface area contributed by atoms with Gasteiger partial charge < -0.3 is 4.74 Å². The van der Waals surface area contributed by atoms with Crippen molar-refractivity contribution in [3.05, 3.63) is 34.9 Å². The SMILES string of the molecule is CCc1cccc2c1C(=O)C(OC(=O)C(C)C)C2=O. The number of hydrogen-bond donors (Lipinski definition) is 0. The topological polar surface area (TPSA) is 60.4 Å². The van der Waals surface area contributed by atoms with Crippen LogP contribution in [0.2, 0.25) is 0 Å². The monoisotopic (exact) mass is 260 g/mol. The number of carbonyl (C=O) groups excluding carboxylic acids is 3. The molecule has 2 rings (SSSR count). The fourth-order valence-corrected chi connectivity index (χ4v) is 2.14. The van der Waals surface area contributed by atoms with Crippen LogP contribution in [-0.2, 0) is 16.0 Å².